The number of hydrogen-bond acceptors (Lipinski definition) is 5. The highest BCUT2D eigenvalue weighted by atomic mass is 19.1. The zero-order valence-electron chi connectivity index (χ0n) is 18.4. The summed E-state index contributed by atoms with van der Waals surface area (Å²) in [6, 6.07) is 13.5. The van der Waals surface area contributed by atoms with Gasteiger partial charge in [0, 0.05) is 16.7 Å². The number of phenolic OH excluding ortho intramolecular Hbond substituents is 1. The number of aromatic hydroxyl groups is 1. The molecule has 3 aromatic rings. The van der Waals surface area contributed by atoms with Crippen LogP contribution in [0.15, 0.2) is 54.6 Å². The molecule has 1 amide bonds. The maximum atomic E-state index is 14.0. The van der Waals surface area contributed by atoms with Crippen LogP contribution in [0.3, 0.4) is 0 Å². The van der Waals surface area contributed by atoms with Crippen LogP contribution in [0.4, 0.5) is 10.1 Å². The molecule has 0 saturated carbocycles. The molecular weight excluding hydrogens is 425 g/mol. The number of halogens is 1. The molecule has 33 heavy (non-hydrogen) atoms. The Bertz CT molecular complexity index is 1210. The Labute approximate surface area is 191 Å². The number of carbonyl (C=O) groups excluding carboxylic acids is 3. The first-order valence-corrected chi connectivity index (χ1v) is 10.5. The standard InChI is InChI=1S/C26H24FNO5/c1-3-5-21-24(11-9-20(16(2)30)25(21)31)33-15-18-6-4-7-19(12-18)26(32)28-23-13-17(14-29)8-10-22(23)27/h4,6-14,31H,3,5,15H2,1-2H3,(H,28,32). The van der Waals surface area contributed by atoms with Gasteiger partial charge in [-0.05, 0) is 61.4 Å². The number of Topliss-reactive ketones (excluding diaryl/α,β-unsaturated/α-hetero) is 1. The first-order valence-electron chi connectivity index (χ1n) is 10.5. The van der Waals surface area contributed by atoms with Gasteiger partial charge in [-0.2, -0.15) is 0 Å². The molecule has 0 radical (unpaired) electrons. The number of aldehydes is 1. The molecule has 0 aromatic heterocycles. The second-order valence-corrected chi connectivity index (χ2v) is 7.54. The Hall–Kier alpha value is -4.00. The van der Waals surface area contributed by atoms with Crippen molar-refractivity contribution in [2.75, 3.05) is 5.32 Å². The van der Waals surface area contributed by atoms with Crippen LogP contribution in [0.2, 0.25) is 0 Å². The van der Waals surface area contributed by atoms with E-state index in [-0.39, 0.29) is 40.5 Å². The average molecular weight is 449 g/mol. The molecule has 6 nitrogen and oxygen atoms in total. The summed E-state index contributed by atoms with van der Waals surface area (Å²) in [5.41, 5.74) is 1.94. The number of phenols is 1. The van der Waals surface area contributed by atoms with Gasteiger partial charge >= 0.3 is 0 Å². The fourth-order valence-electron chi connectivity index (χ4n) is 3.40. The van der Waals surface area contributed by atoms with Gasteiger partial charge in [-0.15, -0.1) is 0 Å². The molecule has 0 spiro atoms. The van der Waals surface area contributed by atoms with Crippen molar-refractivity contribution in [3.8, 4) is 11.5 Å². The predicted octanol–water partition coefficient (Wildman–Crippen LogP) is 5.33. The van der Waals surface area contributed by atoms with Gasteiger partial charge in [0.15, 0.2) is 5.78 Å². The summed E-state index contributed by atoms with van der Waals surface area (Å²) in [5.74, 6) is -1.03. The molecular formula is C26H24FNO5. The van der Waals surface area contributed by atoms with Crippen LogP contribution in [-0.2, 0) is 13.0 Å². The molecule has 0 atom stereocenters. The summed E-state index contributed by atoms with van der Waals surface area (Å²) in [7, 11) is 0. The Morgan fingerprint density at radius 3 is 2.61 bits per heavy atom. The topological polar surface area (TPSA) is 92.7 Å². The number of anilines is 1. The molecule has 0 saturated heterocycles. The maximum absolute atomic E-state index is 14.0. The fraction of sp³-hybridized carbons (Fsp3) is 0.192. The van der Waals surface area contributed by atoms with E-state index in [1.54, 1.807) is 30.3 Å². The van der Waals surface area contributed by atoms with Crippen LogP contribution < -0.4 is 10.1 Å². The number of hydrogen-bond donors (Lipinski definition) is 2. The molecule has 0 fully saturated rings. The summed E-state index contributed by atoms with van der Waals surface area (Å²) in [6.45, 7) is 3.47. The Balaban J connectivity index is 1.77. The van der Waals surface area contributed by atoms with Gasteiger partial charge in [0.2, 0.25) is 0 Å². The third kappa shape index (κ3) is 5.63. The van der Waals surface area contributed by atoms with Crippen molar-refractivity contribution in [2.45, 2.75) is 33.3 Å². The number of rotatable bonds is 9. The first kappa shape index (κ1) is 23.7. The van der Waals surface area contributed by atoms with Gasteiger partial charge in [-0.1, -0.05) is 25.5 Å². The van der Waals surface area contributed by atoms with E-state index in [0.717, 1.165) is 12.5 Å². The Morgan fingerprint density at radius 1 is 1.12 bits per heavy atom. The zero-order chi connectivity index (χ0) is 24.0. The number of benzene rings is 3. The summed E-state index contributed by atoms with van der Waals surface area (Å²) in [6.07, 6.45) is 1.86. The summed E-state index contributed by atoms with van der Waals surface area (Å²) in [5, 5.41) is 13.0. The van der Waals surface area contributed by atoms with Crippen molar-refractivity contribution >= 4 is 23.7 Å². The number of nitrogens with one attached hydrogen (secondary N) is 1. The molecule has 0 aliphatic carbocycles. The SMILES string of the molecule is CCCc1c(OCc2cccc(C(=O)Nc3cc(C=O)ccc3F)c2)ccc(C(C)=O)c1O. The second kappa shape index (κ2) is 10.5. The normalized spacial score (nSPS) is 10.5. The largest absolute Gasteiger partial charge is 0.507 e. The molecule has 2 N–H and O–H groups in total. The summed E-state index contributed by atoms with van der Waals surface area (Å²) < 4.78 is 19.9. The van der Waals surface area contributed by atoms with E-state index in [1.165, 1.54) is 25.1 Å². The number of carbonyl (C=O) groups is 3. The van der Waals surface area contributed by atoms with E-state index in [1.807, 2.05) is 6.92 Å². The molecule has 3 aromatic carbocycles. The quantitative estimate of drug-likeness (QED) is 0.340. The molecule has 0 bridgehead atoms. The lowest BCUT2D eigenvalue weighted by molar-refractivity contribution is 0.101. The highest BCUT2D eigenvalue weighted by Crippen LogP contribution is 2.33. The molecule has 170 valence electrons. The van der Waals surface area contributed by atoms with Gasteiger partial charge in [0.1, 0.15) is 30.2 Å². The van der Waals surface area contributed by atoms with Gasteiger partial charge in [0.25, 0.3) is 5.91 Å². The highest BCUT2D eigenvalue weighted by Gasteiger charge is 2.16. The minimum atomic E-state index is -0.647. The number of ketones is 1. The van der Waals surface area contributed by atoms with Gasteiger partial charge in [-0.3, -0.25) is 14.4 Å². The number of ether oxygens (including phenoxy) is 1. The molecule has 0 aliphatic rings. The molecule has 0 heterocycles. The first-order chi connectivity index (χ1) is 15.8. The van der Waals surface area contributed by atoms with Crippen LogP contribution in [0.1, 0.15) is 62.5 Å². The van der Waals surface area contributed by atoms with Crippen molar-refractivity contribution in [2.24, 2.45) is 0 Å². The smallest absolute Gasteiger partial charge is 0.255 e. The predicted molar refractivity (Wildman–Crippen MR) is 123 cm³/mol. The minimum absolute atomic E-state index is 0.0745. The van der Waals surface area contributed by atoms with Gasteiger partial charge in [0.05, 0.1) is 11.3 Å². The van der Waals surface area contributed by atoms with Crippen LogP contribution >= 0.6 is 0 Å². The van der Waals surface area contributed by atoms with E-state index in [9.17, 15) is 23.9 Å². The number of amides is 1. The lowest BCUT2D eigenvalue weighted by atomic mass is 10.0. The van der Waals surface area contributed by atoms with Crippen LogP contribution in [0.25, 0.3) is 0 Å². The van der Waals surface area contributed by atoms with Crippen molar-refractivity contribution in [3.05, 3.63) is 88.2 Å². The van der Waals surface area contributed by atoms with Crippen LogP contribution in [0, 0.1) is 5.82 Å². The third-order valence-corrected chi connectivity index (χ3v) is 5.08. The monoisotopic (exact) mass is 449 g/mol. The minimum Gasteiger partial charge on any atom is -0.507 e. The van der Waals surface area contributed by atoms with E-state index in [4.69, 9.17) is 4.74 Å². The maximum Gasteiger partial charge on any atom is 0.255 e. The lowest BCUT2D eigenvalue weighted by Gasteiger charge is -2.15. The zero-order valence-corrected chi connectivity index (χ0v) is 18.4. The van der Waals surface area contributed by atoms with Crippen molar-refractivity contribution in [1.82, 2.24) is 0 Å². The van der Waals surface area contributed by atoms with E-state index in [2.05, 4.69) is 5.32 Å². The fourth-order valence-corrected chi connectivity index (χ4v) is 3.40. The lowest BCUT2D eigenvalue weighted by Crippen LogP contribution is -2.14. The average Bonchev–Trinajstić information content (AvgIpc) is 2.80. The molecule has 7 heteroatoms. The van der Waals surface area contributed by atoms with Crippen molar-refractivity contribution in [1.29, 1.82) is 0 Å². The molecule has 0 aliphatic heterocycles. The van der Waals surface area contributed by atoms with E-state index >= 15 is 0 Å². The van der Waals surface area contributed by atoms with Gasteiger partial charge < -0.3 is 15.2 Å². The van der Waals surface area contributed by atoms with Crippen LogP contribution in [-0.4, -0.2) is 23.1 Å². The van der Waals surface area contributed by atoms with Gasteiger partial charge in [-0.25, -0.2) is 4.39 Å². The second-order valence-electron chi connectivity index (χ2n) is 7.54. The molecule has 0 unspecified atom stereocenters. The Morgan fingerprint density at radius 2 is 1.91 bits per heavy atom. The summed E-state index contributed by atoms with van der Waals surface area (Å²) in [4.78, 5) is 35.2. The van der Waals surface area contributed by atoms with Crippen LogP contribution in [0.5, 0.6) is 11.5 Å². The summed E-state index contributed by atoms with van der Waals surface area (Å²) >= 11 is 0. The Kier molecular flexibility index (Phi) is 7.56. The molecule has 3 rings (SSSR count). The van der Waals surface area contributed by atoms with E-state index < -0.39 is 11.7 Å². The highest BCUT2D eigenvalue weighted by molar-refractivity contribution is 6.04. The van der Waals surface area contributed by atoms with E-state index in [0.29, 0.717) is 29.6 Å². The van der Waals surface area contributed by atoms with Crippen molar-refractivity contribution < 1.29 is 28.6 Å². The third-order valence-electron chi connectivity index (χ3n) is 5.08. The van der Waals surface area contributed by atoms with Crippen molar-refractivity contribution in [3.63, 3.8) is 0 Å².